The van der Waals surface area contributed by atoms with Crippen molar-refractivity contribution in [3.8, 4) is 0 Å². The molecule has 0 atom stereocenters. The molecule has 0 aromatic rings. The molecule has 10 heteroatoms. The summed E-state index contributed by atoms with van der Waals surface area (Å²) in [5, 5.41) is 14.8. The van der Waals surface area contributed by atoms with Crippen LogP contribution in [0.3, 0.4) is 0 Å². The maximum absolute atomic E-state index is 11.9. The van der Waals surface area contributed by atoms with E-state index in [0.29, 0.717) is 19.8 Å². The summed E-state index contributed by atoms with van der Waals surface area (Å²) in [5.74, 6) is -3.65. The SMILES string of the molecule is CCOP(=O)(OCC)OCCN(CC)CC.O=C(O)C(=O)O. The third kappa shape index (κ3) is 12.7. The Morgan fingerprint density at radius 1 is 0.909 bits per heavy atom. The Kier molecular flexibility index (Phi) is 14.5. The van der Waals surface area contributed by atoms with Crippen LogP contribution in [0.5, 0.6) is 0 Å². The van der Waals surface area contributed by atoms with Crippen LogP contribution in [0.4, 0.5) is 0 Å². The molecule has 22 heavy (non-hydrogen) atoms. The van der Waals surface area contributed by atoms with E-state index in [1.807, 2.05) is 0 Å². The lowest BCUT2D eigenvalue weighted by molar-refractivity contribution is -0.159. The summed E-state index contributed by atoms with van der Waals surface area (Å²) in [6, 6.07) is 0. The second kappa shape index (κ2) is 13.7. The molecule has 0 bridgehead atoms. The van der Waals surface area contributed by atoms with Crippen LogP contribution in [-0.4, -0.2) is 66.5 Å². The fourth-order valence-electron chi connectivity index (χ4n) is 1.25. The summed E-state index contributed by atoms with van der Waals surface area (Å²) in [5.41, 5.74) is 0. The van der Waals surface area contributed by atoms with Crippen molar-refractivity contribution in [2.24, 2.45) is 0 Å². The number of phosphoric acid groups is 1. The van der Waals surface area contributed by atoms with Gasteiger partial charge in [-0.05, 0) is 26.9 Å². The van der Waals surface area contributed by atoms with Gasteiger partial charge in [0, 0.05) is 6.54 Å². The van der Waals surface area contributed by atoms with Crippen LogP contribution < -0.4 is 0 Å². The third-order valence-electron chi connectivity index (χ3n) is 2.31. The lowest BCUT2D eigenvalue weighted by atomic mass is 10.5. The minimum absolute atomic E-state index is 0.322. The molecule has 132 valence electrons. The lowest BCUT2D eigenvalue weighted by Crippen LogP contribution is -2.26. The number of aliphatic carboxylic acids is 2. The lowest BCUT2D eigenvalue weighted by Gasteiger charge is -2.20. The Morgan fingerprint density at radius 3 is 1.59 bits per heavy atom. The van der Waals surface area contributed by atoms with Gasteiger partial charge in [0.15, 0.2) is 0 Å². The van der Waals surface area contributed by atoms with E-state index < -0.39 is 19.8 Å². The predicted octanol–water partition coefficient (Wildman–Crippen LogP) is 1.68. The maximum Gasteiger partial charge on any atom is 0.474 e. The fourth-order valence-corrected chi connectivity index (χ4v) is 2.41. The second-order valence-electron chi connectivity index (χ2n) is 3.75. The van der Waals surface area contributed by atoms with Crippen molar-refractivity contribution in [3.05, 3.63) is 0 Å². The molecule has 9 nitrogen and oxygen atoms in total. The van der Waals surface area contributed by atoms with Crippen molar-refractivity contribution >= 4 is 19.8 Å². The monoisotopic (exact) mass is 343 g/mol. The van der Waals surface area contributed by atoms with E-state index in [-0.39, 0.29) is 0 Å². The van der Waals surface area contributed by atoms with Crippen molar-refractivity contribution in [1.29, 1.82) is 0 Å². The van der Waals surface area contributed by atoms with Crippen LogP contribution in [0, 0.1) is 0 Å². The highest BCUT2D eigenvalue weighted by atomic mass is 31.2. The zero-order chi connectivity index (χ0) is 17.6. The molecule has 2 N–H and O–H groups in total. The largest absolute Gasteiger partial charge is 0.474 e. The van der Waals surface area contributed by atoms with E-state index in [1.165, 1.54) is 0 Å². The van der Waals surface area contributed by atoms with Crippen molar-refractivity contribution in [2.45, 2.75) is 27.7 Å². The quantitative estimate of drug-likeness (QED) is 0.450. The van der Waals surface area contributed by atoms with Crippen molar-refractivity contribution < 1.29 is 37.9 Å². The van der Waals surface area contributed by atoms with Crippen LogP contribution in [0.1, 0.15) is 27.7 Å². The highest BCUT2D eigenvalue weighted by Crippen LogP contribution is 2.48. The van der Waals surface area contributed by atoms with Gasteiger partial charge in [0.2, 0.25) is 0 Å². The minimum atomic E-state index is -3.32. The van der Waals surface area contributed by atoms with E-state index in [1.54, 1.807) is 13.8 Å². The average Bonchev–Trinajstić information content (AvgIpc) is 2.44. The molecule has 0 saturated heterocycles. The van der Waals surface area contributed by atoms with Gasteiger partial charge >= 0.3 is 19.8 Å². The predicted molar refractivity (Wildman–Crippen MR) is 79.9 cm³/mol. The normalized spacial score (nSPS) is 11.0. The topological polar surface area (TPSA) is 123 Å². The molecule has 0 aromatic carbocycles. The van der Waals surface area contributed by atoms with Crippen LogP contribution in [0.25, 0.3) is 0 Å². The first-order valence-corrected chi connectivity index (χ1v) is 8.44. The highest BCUT2D eigenvalue weighted by Gasteiger charge is 2.25. The van der Waals surface area contributed by atoms with Gasteiger partial charge < -0.3 is 15.1 Å². The molecule has 0 aliphatic rings. The second-order valence-corrected chi connectivity index (χ2v) is 5.42. The summed E-state index contributed by atoms with van der Waals surface area (Å²) in [4.78, 5) is 20.4. The first-order valence-electron chi connectivity index (χ1n) is 6.98. The number of phosphoric ester groups is 1. The van der Waals surface area contributed by atoms with E-state index in [2.05, 4.69) is 18.7 Å². The van der Waals surface area contributed by atoms with Gasteiger partial charge in [0.05, 0.1) is 19.8 Å². The third-order valence-corrected chi connectivity index (χ3v) is 3.96. The average molecular weight is 343 g/mol. The molecule has 0 fully saturated rings. The molecule has 0 spiro atoms. The molecular formula is C12H26NO8P. The molecule has 0 radical (unpaired) electrons. The number of nitrogens with zero attached hydrogens (tertiary/aromatic N) is 1. The van der Waals surface area contributed by atoms with Gasteiger partial charge in [-0.1, -0.05) is 13.8 Å². The molecule has 0 aliphatic heterocycles. The summed E-state index contributed by atoms with van der Waals surface area (Å²) in [6.45, 7) is 11.3. The number of likely N-dealkylation sites (N-methyl/N-ethyl adjacent to an activating group) is 1. The van der Waals surface area contributed by atoms with E-state index >= 15 is 0 Å². The molecule has 0 unspecified atom stereocenters. The van der Waals surface area contributed by atoms with E-state index in [9.17, 15) is 4.57 Å². The van der Waals surface area contributed by atoms with Crippen molar-refractivity contribution in [2.75, 3.05) is 39.5 Å². The molecule has 0 aliphatic carbocycles. The van der Waals surface area contributed by atoms with Crippen LogP contribution in [-0.2, 0) is 27.7 Å². The highest BCUT2D eigenvalue weighted by molar-refractivity contribution is 7.48. The summed E-state index contributed by atoms with van der Waals surface area (Å²) >= 11 is 0. The van der Waals surface area contributed by atoms with Crippen molar-refractivity contribution in [3.63, 3.8) is 0 Å². The number of rotatable bonds is 10. The Balaban J connectivity index is 0. The zero-order valence-corrected chi connectivity index (χ0v) is 14.4. The molecular weight excluding hydrogens is 317 g/mol. The van der Waals surface area contributed by atoms with Crippen LogP contribution in [0.15, 0.2) is 0 Å². The van der Waals surface area contributed by atoms with Gasteiger partial charge in [-0.2, -0.15) is 0 Å². The Labute approximate surface area is 130 Å². The fraction of sp³-hybridized carbons (Fsp3) is 0.833. The van der Waals surface area contributed by atoms with Crippen molar-refractivity contribution in [1.82, 2.24) is 4.90 Å². The van der Waals surface area contributed by atoms with E-state index in [0.717, 1.165) is 19.6 Å². The Bertz CT molecular complexity index is 337. The van der Waals surface area contributed by atoms with Crippen LogP contribution >= 0.6 is 7.82 Å². The van der Waals surface area contributed by atoms with Gasteiger partial charge in [-0.3, -0.25) is 13.6 Å². The number of carboxylic acids is 2. The first-order chi connectivity index (χ1) is 10.3. The minimum Gasteiger partial charge on any atom is -0.473 e. The molecule has 0 heterocycles. The number of hydrogen-bond donors (Lipinski definition) is 2. The number of carboxylic acid groups (broad SMARTS) is 2. The molecule has 0 amide bonds. The van der Waals surface area contributed by atoms with Gasteiger partial charge in [-0.15, -0.1) is 0 Å². The smallest absolute Gasteiger partial charge is 0.473 e. The summed E-state index contributed by atoms with van der Waals surface area (Å²) in [7, 11) is -3.32. The van der Waals surface area contributed by atoms with Gasteiger partial charge in [0.1, 0.15) is 0 Å². The number of hydrogen-bond acceptors (Lipinski definition) is 7. The first kappa shape index (κ1) is 23.3. The number of carbonyl (C=O) groups is 2. The Morgan fingerprint density at radius 2 is 1.32 bits per heavy atom. The molecule has 0 aromatic heterocycles. The zero-order valence-electron chi connectivity index (χ0n) is 13.5. The van der Waals surface area contributed by atoms with Gasteiger partial charge in [0.25, 0.3) is 0 Å². The molecule has 0 saturated carbocycles. The van der Waals surface area contributed by atoms with Crippen LogP contribution in [0.2, 0.25) is 0 Å². The Hall–Kier alpha value is -0.990. The molecule has 0 rings (SSSR count). The standard InChI is InChI=1S/C10H24NO4P.C2H2O4/c1-5-11(6-2)9-10-15-16(12,13-7-3)14-8-4;3-1(4)2(5)6/h5-10H2,1-4H3;(H,3,4)(H,5,6). The summed E-state index contributed by atoms with van der Waals surface area (Å²) < 4.78 is 27.1. The van der Waals surface area contributed by atoms with E-state index in [4.69, 9.17) is 33.4 Å². The maximum atomic E-state index is 11.9. The summed E-state index contributed by atoms with van der Waals surface area (Å²) in [6.07, 6.45) is 0. The van der Waals surface area contributed by atoms with Gasteiger partial charge in [-0.25, -0.2) is 14.2 Å².